The van der Waals surface area contributed by atoms with Crippen LogP contribution in [-0.2, 0) is 22.4 Å². The number of carboxylic acid groups (broad SMARTS) is 1. The Morgan fingerprint density at radius 1 is 1.38 bits per heavy atom. The molecule has 0 fully saturated rings. The van der Waals surface area contributed by atoms with Gasteiger partial charge in [-0.2, -0.15) is 0 Å². The molecule has 1 aliphatic rings. The lowest BCUT2D eigenvalue weighted by Gasteiger charge is -2.07. The SMILES string of the molecule is CCOC(=O)Cc1cccc2c1Cc1c-2[nH]c(=O)c2nc(C(=O)O)cn12. The van der Waals surface area contributed by atoms with E-state index >= 15 is 0 Å². The van der Waals surface area contributed by atoms with Crippen LogP contribution in [0.1, 0.15) is 34.2 Å². The van der Waals surface area contributed by atoms with E-state index in [1.54, 1.807) is 6.92 Å². The molecule has 3 aromatic rings. The first-order valence-electron chi connectivity index (χ1n) is 8.14. The third-order valence-corrected chi connectivity index (χ3v) is 4.47. The number of rotatable bonds is 4. The fourth-order valence-electron chi connectivity index (χ4n) is 3.39. The summed E-state index contributed by atoms with van der Waals surface area (Å²) in [4.78, 5) is 42.1. The van der Waals surface area contributed by atoms with E-state index in [1.807, 2.05) is 18.2 Å². The van der Waals surface area contributed by atoms with Crippen molar-refractivity contribution in [3.63, 3.8) is 0 Å². The molecule has 0 bridgehead atoms. The molecule has 0 aliphatic heterocycles. The van der Waals surface area contributed by atoms with Crippen molar-refractivity contribution in [2.75, 3.05) is 6.61 Å². The average Bonchev–Trinajstić information content (AvgIpc) is 3.18. The van der Waals surface area contributed by atoms with Crippen LogP contribution in [0.15, 0.2) is 29.2 Å². The Hall–Kier alpha value is -3.42. The van der Waals surface area contributed by atoms with Gasteiger partial charge in [-0.25, -0.2) is 9.78 Å². The van der Waals surface area contributed by atoms with Crippen LogP contribution in [0.5, 0.6) is 0 Å². The topological polar surface area (TPSA) is 114 Å². The number of nitrogens with zero attached hydrogens (tertiary/aromatic N) is 2. The molecular formula is C18H15N3O5. The first-order valence-corrected chi connectivity index (χ1v) is 8.14. The van der Waals surface area contributed by atoms with E-state index in [0.29, 0.717) is 18.7 Å². The summed E-state index contributed by atoms with van der Waals surface area (Å²) in [5.41, 5.74) is 3.33. The molecule has 1 aromatic carbocycles. The summed E-state index contributed by atoms with van der Waals surface area (Å²) in [5.74, 6) is -1.51. The number of hydrogen-bond donors (Lipinski definition) is 2. The number of fused-ring (bicyclic) bond motifs is 5. The first-order chi connectivity index (χ1) is 12.5. The number of benzene rings is 1. The Morgan fingerprint density at radius 2 is 2.19 bits per heavy atom. The number of hydrogen-bond acceptors (Lipinski definition) is 5. The molecule has 0 unspecified atom stereocenters. The van der Waals surface area contributed by atoms with E-state index < -0.39 is 11.5 Å². The molecule has 0 radical (unpaired) electrons. The number of carbonyl (C=O) groups is 2. The molecule has 132 valence electrons. The maximum Gasteiger partial charge on any atom is 0.356 e. The highest BCUT2D eigenvalue weighted by Gasteiger charge is 2.27. The fraction of sp³-hybridized carbons (Fsp3) is 0.222. The molecular weight excluding hydrogens is 338 g/mol. The van der Waals surface area contributed by atoms with Crippen molar-refractivity contribution in [1.82, 2.24) is 14.4 Å². The lowest BCUT2D eigenvalue weighted by molar-refractivity contribution is -0.142. The fourth-order valence-corrected chi connectivity index (χ4v) is 3.39. The monoisotopic (exact) mass is 353 g/mol. The molecule has 4 rings (SSSR count). The number of carbonyl (C=O) groups excluding carboxylic acids is 1. The van der Waals surface area contributed by atoms with E-state index in [-0.39, 0.29) is 23.7 Å². The standard InChI is InChI=1S/C18H15N3O5/c1-2-26-14(22)6-9-4-3-5-10-11(9)7-13-15(10)20-17(23)16-19-12(18(24)25)8-21(13)16/h3-5,8H,2,6-7H2,1H3,(H,20,23)(H,24,25). The van der Waals surface area contributed by atoms with Crippen molar-refractivity contribution in [1.29, 1.82) is 0 Å². The zero-order valence-corrected chi connectivity index (χ0v) is 13.9. The van der Waals surface area contributed by atoms with Crippen LogP contribution in [0.25, 0.3) is 16.9 Å². The minimum atomic E-state index is -1.19. The number of aromatic nitrogens is 3. The van der Waals surface area contributed by atoms with E-state index in [0.717, 1.165) is 22.4 Å². The van der Waals surface area contributed by atoms with Crippen LogP contribution < -0.4 is 5.56 Å². The Bertz CT molecular complexity index is 1130. The Kier molecular flexibility index (Phi) is 3.61. The third kappa shape index (κ3) is 2.38. The second-order valence-electron chi connectivity index (χ2n) is 6.00. The van der Waals surface area contributed by atoms with Crippen molar-refractivity contribution in [2.24, 2.45) is 0 Å². The van der Waals surface area contributed by atoms with Gasteiger partial charge in [0.15, 0.2) is 5.69 Å². The molecule has 0 spiro atoms. The molecule has 2 heterocycles. The molecule has 0 atom stereocenters. The molecule has 0 saturated heterocycles. The normalized spacial score (nSPS) is 12.0. The van der Waals surface area contributed by atoms with Gasteiger partial charge in [-0.3, -0.25) is 14.0 Å². The predicted molar refractivity (Wildman–Crippen MR) is 91.4 cm³/mol. The highest BCUT2D eigenvalue weighted by molar-refractivity contribution is 5.86. The minimum Gasteiger partial charge on any atom is -0.476 e. The van der Waals surface area contributed by atoms with E-state index in [2.05, 4.69) is 9.97 Å². The second-order valence-corrected chi connectivity index (χ2v) is 6.00. The van der Waals surface area contributed by atoms with Crippen molar-refractivity contribution >= 4 is 17.6 Å². The highest BCUT2D eigenvalue weighted by atomic mass is 16.5. The quantitative estimate of drug-likeness (QED) is 0.536. The van der Waals surface area contributed by atoms with Crippen molar-refractivity contribution in [3.05, 3.63) is 57.3 Å². The number of imidazole rings is 1. The lowest BCUT2D eigenvalue weighted by atomic mass is 10.0. The summed E-state index contributed by atoms with van der Waals surface area (Å²) in [6, 6.07) is 5.54. The number of aromatic carboxylic acids is 1. The van der Waals surface area contributed by atoms with Crippen molar-refractivity contribution in [3.8, 4) is 11.3 Å². The van der Waals surface area contributed by atoms with Gasteiger partial charge in [0.1, 0.15) is 0 Å². The summed E-state index contributed by atoms with van der Waals surface area (Å²) >= 11 is 0. The first kappa shape index (κ1) is 16.1. The minimum absolute atomic E-state index is 0.0425. The largest absolute Gasteiger partial charge is 0.476 e. The van der Waals surface area contributed by atoms with Crippen LogP contribution in [0.2, 0.25) is 0 Å². The zero-order valence-electron chi connectivity index (χ0n) is 13.9. The van der Waals surface area contributed by atoms with Gasteiger partial charge in [-0.15, -0.1) is 0 Å². The smallest absolute Gasteiger partial charge is 0.356 e. The summed E-state index contributed by atoms with van der Waals surface area (Å²) < 4.78 is 6.54. The number of esters is 1. The molecule has 26 heavy (non-hydrogen) atoms. The van der Waals surface area contributed by atoms with E-state index in [4.69, 9.17) is 9.84 Å². The summed E-state index contributed by atoms with van der Waals surface area (Å²) in [5, 5.41) is 9.15. The highest BCUT2D eigenvalue weighted by Crippen LogP contribution is 2.36. The molecule has 2 aromatic heterocycles. The maximum atomic E-state index is 12.3. The number of nitrogens with one attached hydrogen (secondary N) is 1. The van der Waals surface area contributed by atoms with Gasteiger partial charge in [0, 0.05) is 18.2 Å². The van der Waals surface area contributed by atoms with Crippen LogP contribution in [0, 0.1) is 0 Å². The van der Waals surface area contributed by atoms with Gasteiger partial charge < -0.3 is 14.8 Å². The summed E-state index contributed by atoms with van der Waals surface area (Å²) in [6.45, 7) is 2.07. The van der Waals surface area contributed by atoms with Crippen LogP contribution in [0.3, 0.4) is 0 Å². The average molecular weight is 353 g/mol. The third-order valence-electron chi connectivity index (χ3n) is 4.47. The van der Waals surface area contributed by atoms with Gasteiger partial charge in [-0.1, -0.05) is 18.2 Å². The second kappa shape index (κ2) is 5.83. The van der Waals surface area contributed by atoms with E-state index in [9.17, 15) is 14.4 Å². The van der Waals surface area contributed by atoms with Gasteiger partial charge in [0.05, 0.1) is 24.4 Å². The maximum absolute atomic E-state index is 12.3. The Morgan fingerprint density at radius 3 is 2.92 bits per heavy atom. The zero-order chi connectivity index (χ0) is 18.4. The summed E-state index contributed by atoms with van der Waals surface area (Å²) in [7, 11) is 0. The van der Waals surface area contributed by atoms with Crippen LogP contribution in [0.4, 0.5) is 0 Å². The van der Waals surface area contributed by atoms with Gasteiger partial charge in [0.25, 0.3) is 5.56 Å². The molecule has 0 saturated carbocycles. The van der Waals surface area contributed by atoms with Crippen molar-refractivity contribution < 1.29 is 19.4 Å². The molecule has 8 nitrogen and oxygen atoms in total. The van der Waals surface area contributed by atoms with Gasteiger partial charge >= 0.3 is 11.9 Å². The molecule has 8 heteroatoms. The van der Waals surface area contributed by atoms with Gasteiger partial charge in [0.2, 0.25) is 5.65 Å². The molecule has 2 N–H and O–H groups in total. The number of aromatic amines is 1. The Balaban J connectivity index is 1.86. The molecule has 0 amide bonds. The van der Waals surface area contributed by atoms with Crippen molar-refractivity contribution in [2.45, 2.75) is 19.8 Å². The molecule has 1 aliphatic carbocycles. The van der Waals surface area contributed by atoms with E-state index in [1.165, 1.54) is 10.6 Å². The van der Waals surface area contributed by atoms with Crippen LogP contribution >= 0.6 is 0 Å². The number of H-pyrrole nitrogens is 1. The number of carboxylic acids is 1. The number of ether oxygens (including phenoxy) is 1. The van der Waals surface area contributed by atoms with Gasteiger partial charge in [-0.05, 0) is 18.1 Å². The summed E-state index contributed by atoms with van der Waals surface area (Å²) in [6.07, 6.45) is 1.95. The Labute approximate surface area is 147 Å². The lowest BCUT2D eigenvalue weighted by Crippen LogP contribution is -2.13. The van der Waals surface area contributed by atoms with Crippen LogP contribution in [-0.4, -0.2) is 38.0 Å². The predicted octanol–water partition coefficient (Wildman–Crippen LogP) is 1.40.